The number of hydrogen-bond donors (Lipinski definition) is 0. The predicted octanol–water partition coefficient (Wildman–Crippen LogP) is 10.1. The minimum atomic E-state index is -0.493. The maximum absolute atomic E-state index is 14.1. The maximum Gasteiger partial charge on any atom is 0.308 e. The Morgan fingerprint density at radius 2 is 1.42 bits per heavy atom. The van der Waals surface area contributed by atoms with E-state index in [0.717, 1.165) is 12.0 Å². The van der Waals surface area contributed by atoms with E-state index in [9.17, 15) is 9.59 Å². The summed E-state index contributed by atoms with van der Waals surface area (Å²) in [6.07, 6.45) is 9.68. The molecule has 3 aliphatic heterocycles. The molecule has 0 unspecified atom stereocenters. The number of allylic oxidation sites excluding steroid dienone is 4. The van der Waals surface area contributed by atoms with E-state index in [0.29, 0.717) is 43.8 Å². The lowest BCUT2D eigenvalue weighted by atomic mass is 9.79. The number of cyclic esters (lactones) is 1. The number of ether oxygens (including phenoxy) is 6. The lowest BCUT2D eigenvalue weighted by Gasteiger charge is -2.48. The molecule has 3 aliphatic rings. The van der Waals surface area contributed by atoms with Crippen molar-refractivity contribution >= 4 is 11.8 Å². The van der Waals surface area contributed by atoms with Gasteiger partial charge >= 0.3 is 5.97 Å². The molecule has 0 amide bonds. The van der Waals surface area contributed by atoms with E-state index in [2.05, 4.69) is 87.4 Å². The Labute approximate surface area is 349 Å². The highest BCUT2D eigenvalue weighted by atomic mass is 16.7. The molecule has 3 rings (SSSR count). The minimum Gasteiger partial charge on any atom is -0.462 e. The van der Waals surface area contributed by atoms with Crippen molar-refractivity contribution < 1.29 is 38.0 Å². The molecule has 2 saturated heterocycles. The van der Waals surface area contributed by atoms with Gasteiger partial charge in [0.25, 0.3) is 0 Å². The Bertz CT molecular complexity index is 1280. The topological polar surface area (TPSA) is 92.8 Å². The Morgan fingerprint density at radius 1 is 0.789 bits per heavy atom. The fraction of sp³-hybridized carbons (Fsp3) is 0.833. The summed E-state index contributed by atoms with van der Waals surface area (Å²) in [5, 5.41) is 0. The molecule has 0 N–H and O–H groups in total. The normalized spacial score (nSPS) is 41.9. The van der Waals surface area contributed by atoms with Crippen molar-refractivity contribution in [2.75, 3.05) is 27.3 Å². The summed E-state index contributed by atoms with van der Waals surface area (Å²) in [5.41, 5.74) is 0.917. The minimum absolute atomic E-state index is 0.0000208. The molecule has 330 valence electrons. The third kappa shape index (κ3) is 14.4. The van der Waals surface area contributed by atoms with Crippen LogP contribution in [0, 0.1) is 53.3 Å². The van der Waals surface area contributed by atoms with Crippen LogP contribution in [0.25, 0.3) is 0 Å². The van der Waals surface area contributed by atoms with Crippen LogP contribution in [-0.2, 0) is 38.0 Å². The van der Waals surface area contributed by atoms with Crippen molar-refractivity contribution in [1.29, 1.82) is 0 Å². The molecular formula is C48H85NO8. The van der Waals surface area contributed by atoms with Gasteiger partial charge in [0, 0.05) is 35.6 Å². The van der Waals surface area contributed by atoms with Crippen LogP contribution in [0.1, 0.15) is 130 Å². The van der Waals surface area contributed by atoms with Gasteiger partial charge in [0.2, 0.25) is 0 Å². The second-order valence-electron chi connectivity index (χ2n) is 17.7. The zero-order valence-electron chi connectivity index (χ0n) is 39.2. The van der Waals surface area contributed by atoms with Gasteiger partial charge in [-0.05, 0) is 84.4 Å². The molecule has 0 aromatic heterocycles. The van der Waals surface area contributed by atoms with Crippen molar-refractivity contribution in [3.63, 3.8) is 0 Å². The predicted molar refractivity (Wildman–Crippen MR) is 232 cm³/mol. The summed E-state index contributed by atoms with van der Waals surface area (Å²) in [5.74, 6) is 0.587. The highest BCUT2D eigenvalue weighted by Crippen LogP contribution is 2.39. The second-order valence-corrected chi connectivity index (χ2v) is 17.7. The fourth-order valence-corrected chi connectivity index (χ4v) is 9.18. The van der Waals surface area contributed by atoms with Crippen molar-refractivity contribution in [1.82, 2.24) is 4.90 Å². The number of hydrogen-bond acceptors (Lipinski definition) is 9. The van der Waals surface area contributed by atoms with Crippen molar-refractivity contribution in [2.45, 2.75) is 179 Å². The van der Waals surface area contributed by atoms with Crippen molar-refractivity contribution in [2.24, 2.45) is 53.3 Å². The smallest absolute Gasteiger partial charge is 0.308 e. The van der Waals surface area contributed by atoms with Crippen LogP contribution in [0.5, 0.6) is 0 Å². The van der Waals surface area contributed by atoms with Gasteiger partial charge in [-0.15, -0.1) is 0 Å². The highest BCUT2D eigenvalue weighted by Gasteiger charge is 2.45. The van der Waals surface area contributed by atoms with E-state index < -0.39 is 18.5 Å². The van der Waals surface area contributed by atoms with Gasteiger partial charge in [0.1, 0.15) is 6.10 Å². The summed E-state index contributed by atoms with van der Waals surface area (Å²) in [6, 6.07) is 0.264. The largest absolute Gasteiger partial charge is 0.462 e. The second kappa shape index (κ2) is 25.0. The van der Waals surface area contributed by atoms with Gasteiger partial charge in [-0.2, -0.15) is 0 Å². The molecule has 0 aromatic carbocycles. The van der Waals surface area contributed by atoms with E-state index in [4.69, 9.17) is 28.4 Å². The first kappa shape index (κ1) is 51.3. The zero-order chi connectivity index (χ0) is 43.1. The quantitative estimate of drug-likeness (QED) is 0.150. The first-order valence-electron chi connectivity index (χ1n) is 22.5. The van der Waals surface area contributed by atoms with Gasteiger partial charge in [0.15, 0.2) is 18.4 Å². The lowest BCUT2D eigenvalue weighted by molar-refractivity contribution is -0.278. The number of ketones is 1. The molecule has 2 fully saturated rings. The third-order valence-corrected chi connectivity index (χ3v) is 13.5. The number of rotatable bonds is 11. The van der Waals surface area contributed by atoms with E-state index in [1.165, 1.54) is 0 Å². The Balaban J connectivity index is 0.00000551. The van der Waals surface area contributed by atoms with Gasteiger partial charge in [-0.3, -0.25) is 9.59 Å². The summed E-state index contributed by atoms with van der Waals surface area (Å²) in [6.45, 7) is 32.3. The van der Waals surface area contributed by atoms with Crippen LogP contribution in [-0.4, -0.2) is 93.1 Å². The van der Waals surface area contributed by atoms with Crippen LogP contribution in [0.3, 0.4) is 0 Å². The molecule has 0 aromatic rings. The molecule has 0 saturated carbocycles. The Morgan fingerprint density at radius 3 is 2.02 bits per heavy atom. The molecule has 9 nitrogen and oxygen atoms in total. The Hall–Kier alpha value is -1.88. The molecule has 0 radical (unpaired) electrons. The van der Waals surface area contributed by atoms with Gasteiger partial charge in [0.05, 0.1) is 44.1 Å². The number of carbonyl (C=O) groups is 2. The van der Waals surface area contributed by atoms with Crippen LogP contribution in [0.4, 0.5) is 0 Å². The number of nitrogens with zero attached hydrogens (tertiary/aromatic N) is 1. The summed E-state index contributed by atoms with van der Waals surface area (Å²) < 4.78 is 39.5. The van der Waals surface area contributed by atoms with Crippen LogP contribution >= 0.6 is 0 Å². The van der Waals surface area contributed by atoms with Crippen LogP contribution in [0.15, 0.2) is 36.0 Å². The van der Waals surface area contributed by atoms with Gasteiger partial charge in [-0.1, -0.05) is 112 Å². The molecule has 0 aliphatic carbocycles. The van der Waals surface area contributed by atoms with Crippen molar-refractivity contribution in [3.8, 4) is 0 Å². The highest BCUT2D eigenvalue weighted by molar-refractivity contribution is 5.91. The summed E-state index contributed by atoms with van der Waals surface area (Å²) >= 11 is 0. The lowest BCUT2D eigenvalue weighted by Crippen LogP contribution is -2.56. The van der Waals surface area contributed by atoms with E-state index in [-0.39, 0.29) is 84.3 Å². The van der Waals surface area contributed by atoms with Crippen LogP contribution in [0.2, 0.25) is 0 Å². The first-order chi connectivity index (χ1) is 26.9. The molecule has 57 heavy (non-hydrogen) atoms. The molecular weight excluding hydrogens is 719 g/mol. The summed E-state index contributed by atoms with van der Waals surface area (Å²) in [7, 11) is 4.24. The molecule has 0 bridgehead atoms. The van der Waals surface area contributed by atoms with Crippen LogP contribution < -0.4 is 0 Å². The van der Waals surface area contributed by atoms with E-state index in [1.807, 2.05) is 59.8 Å². The summed E-state index contributed by atoms with van der Waals surface area (Å²) in [4.78, 5) is 30.1. The zero-order valence-corrected chi connectivity index (χ0v) is 39.2. The monoisotopic (exact) mass is 804 g/mol. The number of esters is 1. The van der Waals surface area contributed by atoms with Gasteiger partial charge in [-0.25, -0.2) is 0 Å². The third-order valence-electron chi connectivity index (χ3n) is 13.5. The van der Waals surface area contributed by atoms with E-state index in [1.54, 1.807) is 6.08 Å². The average molecular weight is 804 g/mol. The van der Waals surface area contributed by atoms with Crippen molar-refractivity contribution in [3.05, 3.63) is 36.0 Å². The molecule has 3 heterocycles. The van der Waals surface area contributed by atoms with E-state index >= 15 is 0 Å². The Kier molecular flexibility index (Phi) is 22.5. The standard InChI is InChI=1S/C46H79NO8.C2H6/c1-16-19-22-50-41-25-42(49)54-40(18-3)38(26-51-45-31(8)29(6)30(7)35(12)52-45)23-27(4)20-21-39(48)28(5)24-37(17-2)44(33(41)10)55-46-34(11)43(47(14)15)32(9)36(13)53-46;1-2/h16,19-21,23,28-38,40-41,43-46H,17-18,22,24-26H2,1-15H3;1-2H3/b19-16?,21-20+,27-23+;/t28-,29-,30+,31-,32-,33+,34-,35-,36-,37+,38-,40-,41-,43+,44-,45-,46+;/m1./s1. The average Bonchev–Trinajstić information content (AvgIpc) is 3.18. The maximum atomic E-state index is 14.1. The molecule has 17 atom stereocenters. The molecule has 0 spiro atoms. The molecule has 9 heteroatoms. The fourth-order valence-electron chi connectivity index (χ4n) is 9.18. The SMILES string of the molecule is CC.CC=CCO[C@@H]1CC(=O)O[C@H](CC)[C@@H](CO[C@@H]2O[C@H](C)[C@@H](C)[C@@H](C)[C@H]2C)/C=C(C)/C=C/C(=O)[C@H](C)C[C@H](CC)[C@H](O[C@@H]2O[C@H](C)[C@@H](C)[C@H](N(C)C)[C@H]2C)[C@H]1C. The van der Waals surface area contributed by atoms with Gasteiger partial charge < -0.3 is 33.3 Å². The number of carbonyl (C=O) groups excluding carboxylic acids is 2. The first-order valence-corrected chi connectivity index (χ1v) is 22.5.